The van der Waals surface area contributed by atoms with Gasteiger partial charge in [0.15, 0.2) is 5.78 Å². The summed E-state index contributed by atoms with van der Waals surface area (Å²) in [7, 11) is 0. The summed E-state index contributed by atoms with van der Waals surface area (Å²) in [5.74, 6) is -0.342. The van der Waals surface area contributed by atoms with Crippen molar-refractivity contribution >= 4 is 23.4 Å². The molecule has 4 nitrogen and oxygen atoms in total. The number of Topliss-reactive ketones (excluding diaryl/α,β-unsaturated/α-hetero) is 1. The molecule has 1 aromatic carbocycles. The molecule has 1 unspecified atom stereocenters. The van der Waals surface area contributed by atoms with E-state index in [-0.39, 0.29) is 12.4 Å². The molecule has 0 saturated carbocycles. The third-order valence-electron chi connectivity index (χ3n) is 2.42. The van der Waals surface area contributed by atoms with Crippen molar-refractivity contribution in [1.29, 1.82) is 0 Å². The van der Waals surface area contributed by atoms with E-state index in [1.165, 1.54) is 12.1 Å². The van der Waals surface area contributed by atoms with E-state index in [4.69, 9.17) is 21.1 Å². The number of rotatable bonds is 6. The number of benzene rings is 1. The summed E-state index contributed by atoms with van der Waals surface area (Å²) in [5.41, 5.74) is 0.724. The van der Waals surface area contributed by atoms with Crippen LogP contribution in [0.4, 0.5) is 0 Å². The minimum atomic E-state index is -0.622. The van der Waals surface area contributed by atoms with Crippen LogP contribution < -0.4 is 4.74 Å². The topological polar surface area (TPSA) is 52.6 Å². The highest BCUT2D eigenvalue weighted by Gasteiger charge is 2.18. The van der Waals surface area contributed by atoms with Crippen LogP contribution in [0.2, 0.25) is 0 Å². The Labute approximate surface area is 117 Å². The van der Waals surface area contributed by atoms with Crippen LogP contribution in [-0.2, 0) is 4.74 Å². The van der Waals surface area contributed by atoms with Gasteiger partial charge in [-0.25, -0.2) is 4.79 Å². The molecule has 0 fully saturated rings. The number of alkyl halides is 1. The van der Waals surface area contributed by atoms with Crippen LogP contribution in [0.5, 0.6) is 5.75 Å². The Morgan fingerprint density at radius 1 is 1.26 bits per heavy atom. The first-order chi connectivity index (χ1) is 9.01. The van der Waals surface area contributed by atoms with Gasteiger partial charge in [-0.3, -0.25) is 4.79 Å². The Kier molecular flexibility index (Phi) is 5.83. The molecule has 0 spiro atoms. The summed E-state index contributed by atoms with van der Waals surface area (Å²) in [6.45, 7) is 5.80. The van der Waals surface area contributed by atoms with Gasteiger partial charge < -0.3 is 9.47 Å². The van der Waals surface area contributed by atoms with Crippen LogP contribution in [-0.4, -0.2) is 30.3 Å². The van der Waals surface area contributed by atoms with E-state index in [1.807, 2.05) is 0 Å². The Morgan fingerprint density at radius 2 is 1.95 bits per heavy atom. The zero-order valence-electron chi connectivity index (χ0n) is 11.2. The number of ketones is 1. The van der Waals surface area contributed by atoms with Gasteiger partial charge in [0.1, 0.15) is 11.3 Å². The lowest BCUT2D eigenvalue weighted by atomic mass is 10.1. The Bertz CT molecular complexity index is 469. The highest BCUT2D eigenvalue weighted by atomic mass is 35.5. The van der Waals surface area contributed by atoms with E-state index in [0.29, 0.717) is 23.5 Å². The number of carbonyl (C=O) groups is 2. The third-order valence-corrected chi connectivity index (χ3v) is 2.62. The van der Waals surface area contributed by atoms with E-state index in [2.05, 4.69) is 0 Å². The first kappa shape index (κ1) is 15.5. The molecule has 19 heavy (non-hydrogen) atoms. The highest BCUT2D eigenvalue weighted by Crippen LogP contribution is 2.23. The van der Waals surface area contributed by atoms with Gasteiger partial charge in [0, 0.05) is 5.56 Å². The summed E-state index contributed by atoms with van der Waals surface area (Å²) in [6.07, 6.45) is 0. The summed E-state index contributed by atoms with van der Waals surface area (Å²) < 4.78 is 10.3. The van der Waals surface area contributed by atoms with E-state index >= 15 is 0 Å². The third kappa shape index (κ3) is 3.96. The monoisotopic (exact) mass is 284 g/mol. The van der Waals surface area contributed by atoms with Crippen molar-refractivity contribution in [2.45, 2.75) is 26.1 Å². The summed E-state index contributed by atoms with van der Waals surface area (Å²) in [4.78, 5) is 23.5. The van der Waals surface area contributed by atoms with E-state index in [0.717, 1.165) is 0 Å². The second kappa shape index (κ2) is 7.14. The molecule has 0 aliphatic carbocycles. The molecule has 0 aliphatic rings. The lowest BCUT2D eigenvalue weighted by Crippen LogP contribution is -2.13. The molecule has 1 rings (SSSR count). The molecule has 0 N–H and O–H groups in total. The Hall–Kier alpha value is -1.55. The molecular weight excluding hydrogens is 268 g/mol. The van der Waals surface area contributed by atoms with Crippen molar-refractivity contribution in [1.82, 2.24) is 0 Å². The van der Waals surface area contributed by atoms with Crippen molar-refractivity contribution < 1.29 is 19.1 Å². The van der Waals surface area contributed by atoms with Gasteiger partial charge in [-0.1, -0.05) is 6.07 Å². The molecule has 0 amide bonds. The fraction of sp³-hybridized carbons (Fsp3) is 0.429. The van der Waals surface area contributed by atoms with Crippen LogP contribution in [0.3, 0.4) is 0 Å². The number of esters is 1. The van der Waals surface area contributed by atoms with Crippen molar-refractivity contribution in [2.75, 3.05) is 13.2 Å². The first-order valence-corrected chi connectivity index (χ1v) is 6.57. The Morgan fingerprint density at radius 3 is 2.47 bits per heavy atom. The van der Waals surface area contributed by atoms with Crippen LogP contribution in [0, 0.1) is 0 Å². The van der Waals surface area contributed by atoms with Gasteiger partial charge in [0.25, 0.3) is 0 Å². The summed E-state index contributed by atoms with van der Waals surface area (Å²) in [6, 6.07) is 4.60. The zero-order chi connectivity index (χ0) is 14.4. The number of hydrogen-bond donors (Lipinski definition) is 0. The number of halogens is 1. The predicted molar refractivity (Wildman–Crippen MR) is 73.2 cm³/mol. The fourth-order valence-corrected chi connectivity index (χ4v) is 1.68. The molecule has 0 saturated heterocycles. The molecular formula is C14H17ClO4. The number of ether oxygens (including phenoxy) is 2. The lowest BCUT2D eigenvalue weighted by Gasteiger charge is -2.11. The number of carbonyl (C=O) groups excluding carboxylic acids is 2. The molecule has 0 heterocycles. The van der Waals surface area contributed by atoms with Crippen molar-refractivity contribution in [3.05, 3.63) is 29.3 Å². The summed E-state index contributed by atoms with van der Waals surface area (Å²) in [5, 5.41) is -0.622. The molecule has 0 aromatic heterocycles. The SMILES string of the molecule is CCOC(=O)c1ccc(C(=O)C(C)Cl)cc1OCC. The molecule has 0 bridgehead atoms. The fourth-order valence-electron chi connectivity index (χ4n) is 1.56. The number of hydrogen-bond acceptors (Lipinski definition) is 4. The van der Waals surface area contributed by atoms with Crippen LogP contribution >= 0.6 is 11.6 Å². The average molecular weight is 285 g/mol. The second-order valence-electron chi connectivity index (χ2n) is 3.84. The standard InChI is InChI=1S/C14H17ClO4/c1-4-18-12-8-10(13(16)9(3)15)6-7-11(12)14(17)19-5-2/h6-9H,4-5H2,1-3H3. The van der Waals surface area contributed by atoms with E-state index in [1.54, 1.807) is 26.8 Å². The molecule has 0 aliphatic heterocycles. The molecule has 1 atom stereocenters. The summed E-state index contributed by atoms with van der Waals surface area (Å²) >= 11 is 5.76. The van der Waals surface area contributed by atoms with Crippen LogP contribution in [0.15, 0.2) is 18.2 Å². The Balaban J connectivity index is 3.14. The van der Waals surface area contributed by atoms with Crippen molar-refractivity contribution in [3.63, 3.8) is 0 Å². The zero-order valence-corrected chi connectivity index (χ0v) is 12.0. The lowest BCUT2D eigenvalue weighted by molar-refractivity contribution is 0.0521. The van der Waals surface area contributed by atoms with Crippen molar-refractivity contribution in [3.8, 4) is 5.75 Å². The maximum Gasteiger partial charge on any atom is 0.341 e. The quantitative estimate of drug-likeness (QED) is 0.458. The van der Waals surface area contributed by atoms with Gasteiger partial charge in [-0.05, 0) is 32.9 Å². The van der Waals surface area contributed by atoms with E-state index in [9.17, 15) is 9.59 Å². The molecule has 1 aromatic rings. The van der Waals surface area contributed by atoms with Gasteiger partial charge in [-0.15, -0.1) is 11.6 Å². The van der Waals surface area contributed by atoms with Gasteiger partial charge >= 0.3 is 5.97 Å². The second-order valence-corrected chi connectivity index (χ2v) is 4.50. The minimum absolute atomic E-state index is 0.210. The maximum absolute atomic E-state index is 11.8. The molecule has 5 heteroatoms. The predicted octanol–water partition coefficient (Wildman–Crippen LogP) is 3.07. The maximum atomic E-state index is 11.8. The largest absolute Gasteiger partial charge is 0.493 e. The van der Waals surface area contributed by atoms with Gasteiger partial charge in [0.2, 0.25) is 0 Å². The van der Waals surface area contributed by atoms with Crippen LogP contribution in [0.1, 0.15) is 41.5 Å². The molecule has 0 radical (unpaired) electrons. The minimum Gasteiger partial charge on any atom is -0.493 e. The van der Waals surface area contributed by atoms with Gasteiger partial charge in [-0.2, -0.15) is 0 Å². The smallest absolute Gasteiger partial charge is 0.341 e. The molecule has 104 valence electrons. The van der Waals surface area contributed by atoms with Crippen molar-refractivity contribution in [2.24, 2.45) is 0 Å². The first-order valence-electron chi connectivity index (χ1n) is 6.13. The average Bonchev–Trinajstić information content (AvgIpc) is 2.38. The normalized spacial score (nSPS) is 11.8. The highest BCUT2D eigenvalue weighted by molar-refractivity contribution is 6.33. The van der Waals surface area contributed by atoms with Gasteiger partial charge in [0.05, 0.1) is 18.6 Å². The van der Waals surface area contributed by atoms with Crippen LogP contribution in [0.25, 0.3) is 0 Å². The van der Waals surface area contributed by atoms with E-state index < -0.39 is 11.3 Å².